The molecule has 1 saturated carbocycles. The molecule has 0 aliphatic heterocycles. The molecule has 0 aromatic heterocycles. The van der Waals surface area contributed by atoms with Gasteiger partial charge >= 0.3 is 0 Å². The molecule has 1 rings (SSSR count). The van der Waals surface area contributed by atoms with E-state index in [-0.39, 0.29) is 0 Å². The van der Waals surface area contributed by atoms with Crippen LogP contribution in [0.5, 0.6) is 0 Å². The van der Waals surface area contributed by atoms with Crippen molar-refractivity contribution < 1.29 is 0 Å². The normalized spacial score (nSPS) is 19.7. The Bertz CT molecular complexity index is 165. The van der Waals surface area contributed by atoms with E-state index in [4.69, 9.17) is 5.26 Å². The Morgan fingerprint density at radius 3 is 2.67 bits per heavy atom. The second-order valence-corrected chi connectivity index (χ2v) is 3.96. The maximum atomic E-state index is 8.31. The molecule has 1 N–H and O–H groups in total. The van der Waals surface area contributed by atoms with Crippen LogP contribution in [0.1, 0.15) is 45.4 Å². The highest BCUT2D eigenvalue weighted by Crippen LogP contribution is 2.30. The van der Waals surface area contributed by atoms with E-state index in [1.165, 1.54) is 19.3 Å². The molecule has 0 heterocycles. The van der Waals surface area contributed by atoms with Gasteiger partial charge in [0.05, 0.1) is 6.07 Å². The van der Waals surface area contributed by atoms with Gasteiger partial charge in [-0.3, -0.25) is 0 Å². The van der Waals surface area contributed by atoms with Crippen molar-refractivity contribution in [2.45, 2.75) is 51.0 Å². The van der Waals surface area contributed by atoms with Crippen LogP contribution >= 0.6 is 0 Å². The van der Waals surface area contributed by atoms with E-state index >= 15 is 0 Å². The molecule has 12 heavy (non-hydrogen) atoms. The smallest absolute Gasteiger partial charge is 0.0621 e. The second kappa shape index (κ2) is 4.47. The minimum Gasteiger partial charge on any atom is -0.312 e. The number of hydrogen-bond acceptors (Lipinski definition) is 2. The molecule has 0 spiro atoms. The van der Waals surface area contributed by atoms with E-state index in [2.05, 4.69) is 18.3 Å². The molecule has 0 atom stereocenters. The lowest BCUT2D eigenvalue weighted by Gasteiger charge is -2.39. The van der Waals surface area contributed by atoms with Crippen LogP contribution in [-0.4, -0.2) is 12.1 Å². The molecule has 68 valence electrons. The summed E-state index contributed by atoms with van der Waals surface area (Å²) < 4.78 is 0. The van der Waals surface area contributed by atoms with Gasteiger partial charge in [0.25, 0.3) is 0 Å². The van der Waals surface area contributed by atoms with E-state index in [1.54, 1.807) is 0 Å². The Balaban J connectivity index is 1.92. The lowest BCUT2D eigenvalue weighted by atomic mass is 9.78. The van der Waals surface area contributed by atoms with Crippen LogP contribution in [0.3, 0.4) is 0 Å². The molecule has 0 aromatic rings. The number of rotatable bonds is 5. The highest BCUT2D eigenvalue weighted by atomic mass is 15.0. The first-order valence-electron chi connectivity index (χ1n) is 4.89. The van der Waals surface area contributed by atoms with E-state index in [0.717, 1.165) is 19.4 Å². The van der Waals surface area contributed by atoms with E-state index < -0.39 is 0 Å². The fourth-order valence-electron chi connectivity index (χ4n) is 1.60. The summed E-state index contributed by atoms with van der Waals surface area (Å²) in [4.78, 5) is 0. The number of unbranched alkanes of at least 4 members (excludes halogenated alkanes) is 2. The lowest BCUT2D eigenvalue weighted by Crippen LogP contribution is -2.48. The Hall–Kier alpha value is -0.550. The van der Waals surface area contributed by atoms with Crippen LogP contribution in [0.15, 0.2) is 0 Å². The zero-order chi connectivity index (χ0) is 8.86. The number of nitrogens with zero attached hydrogens (tertiary/aromatic N) is 1. The molecule has 0 amide bonds. The summed E-state index contributed by atoms with van der Waals surface area (Å²) in [6.45, 7) is 3.37. The monoisotopic (exact) mass is 166 g/mol. The van der Waals surface area contributed by atoms with Gasteiger partial charge in [-0.05, 0) is 45.6 Å². The third-order valence-corrected chi connectivity index (χ3v) is 2.72. The quantitative estimate of drug-likeness (QED) is 0.636. The molecule has 0 bridgehead atoms. The molecule has 0 aromatic carbocycles. The van der Waals surface area contributed by atoms with Gasteiger partial charge in [-0.25, -0.2) is 0 Å². The molecular weight excluding hydrogens is 148 g/mol. The van der Waals surface area contributed by atoms with Crippen molar-refractivity contribution >= 4 is 0 Å². The molecule has 0 unspecified atom stereocenters. The fourth-order valence-corrected chi connectivity index (χ4v) is 1.60. The molecule has 1 aliphatic rings. The molecule has 2 nitrogen and oxygen atoms in total. The average molecular weight is 166 g/mol. The van der Waals surface area contributed by atoms with Gasteiger partial charge < -0.3 is 5.32 Å². The van der Waals surface area contributed by atoms with Crippen LogP contribution in [0.4, 0.5) is 0 Å². The largest absolute Gasteiger partial charge is 0.312 e. The zero-order valence-electron chi connectivity index (χ0n) is 7.90. The highest BCUT2D eigenvalue weighted by Gasteiger charge is 2.30. The molecular formula is C10H18N2. The zero-order valence-corrected chi connectivity index (χ0v) is 7.90. The summed E-state index contributed by atoms with van der Waals surface area (Å²) in [6.07, 6.45) is 6.92. The Morgan fingerprint density at radius 1 is 1.42 bits per heavy atom. The first kappa shape index (κ1) is 9.54. The third-order valence-electron chi connectivity index (χ3n) is 2.72. The first-order valence-corrected chi connectivity index (χ1v) is 4.89. The SMILES string of the molecule is CC1(NCCCCC#N)CCC1. The van der Waals surface area contributed by atoms with Gasteiger partial charge in [0.15, 0.2) is 0 Å². The summed E-state index contributed by atoms with van der Waals surface area (Å²) in [5, 5.41) is 11.9. The van der Waals surface area contributed by atoms with Gasteiger partial charge in [-0.15, -0.1) is 0 Å². The van der Waals surface area contributed by atoms with Crippen LogP contribution in [0, 0.1) is 11.3 Å². The van der Waals surface area contributed by atoms with Crippen molar-refractivity contribution in [1.29, 1.82) is 5.26 Å². The van der Waals surface area contributed by atoms with E-state index in [9.17, 15) is 0 Å². The Kier molecular flexibility index (Phi) is 3.55. The standard InChI is InChI=1S/C10H18N2/c1-10(6-5-7-10)12-9-4-2-3-8-11/h12H,2-7,9H2,1H3. The van der Waals surface area contributed by atoms with Gasteiger partial charge in [0.2, 0.25) is 0 Å². The predicted octanol–water partition coefficient (Wildman–Crippen LogP) is 2.21. The summed E-state index contributed by atoms with van der Waals surface area (Å²) in [6, 6.07) is 2.17. The molecule has 0 saturated heterocycles. The molecule has 1 aliphatic carbocycles. The van der Waals surface area contributed by atoms with Crippen molar-refractivity contribution in [3.05, 3.63) is 0 Å². The maximum absolute atomic E-state index is 8.31. The summed E-state index contributed by atoms with van der Waals surface area (Å²) in [5.74, 6) is 0. The van der Waals surface area contributed by atoms with Crippen molar-refractivity contribution in [2.75, 3.05) is 6.54 Å². The maximum Gasteiger partial charge on any atom is 0.0621 e. The second-order valence-electron chi connectivity index (χ2n) is 3.96. The summed E-state index contributed by atoms with van der Waals surface area (Å²) >= 11 is 0. The van der Waals surface area contributed by atoms with Crippen molar-refractivity contribution in [3.8, 4) is 6.07 Å². The number of nitriles is 1. The minimum absolute atomic E-state index is 0.437. The summed E-state index contributed by atoms with van der Waals surface area (Å²) in [7, 11) is 0. The lowest BCUT2D eigenvalue weighted by molar-refractivity contribution is 0.208. The van der Waals surface area contributed by atoms with Crippen molar-refractivity contribution in [1.82, 2.24) is 5.32 Å². The molecule has 0 radical (unpaired) electrons. The van der Waals surface area contributed by atoms with Gasteiger partial charge in [0.1, 0.15) is 0 Å². The summed E-state index contributed by atoms with van der Waals surface area (Å²) in [5.41, 5.74) is 0.437. The van der Waals surface area contributed by atoms with E-state index in [1.807, 2.05) is 0 Å². The van der Waals surface area contributed by atoms with Crippen LogP contribution in [0.25, 0.3) is 0 Å². The van der Waals surface area contributed by atoms with Crippen molar-refractivity contribution in [2.24, 2.45) is 0 Å². The van der Waals surface area contributed by atoms with Crippen LogP contribution < -0.4 is 5.32 Å². The average Bonchev–Trinajstić information content (AvgIpc) is 2.01. The number of hydrogen-bond donors (Lipinski definition) is 1. The van der Waals surface area contributed by atoms with Crippen molar-refractivity contribution in [3.63, 3.8) is 0 Å². The predicted molar refractivity (Wildman–Crippen MR) is 49.7 cm³/mol. The first-order chi connectivity index (χ1) is 5.77. The Morgan fingerprint density at radius 2 is 2.17 bits per heavy atom. The van der Waals surface area contributed by atoms with Crippen LogP contribution in [0.2, 0.25) is 0 Å². The molecule has 2 heteroatoms. The third kappa shape index (κ3) is 2.83. The Labute approximate surface area is 75.0 Å². The number of nitrogens with one attached hydrogen (secondary N) is 1. The molecule has 1 fully saturated rings. The minimum atomic E-state index is 0.437. The van der Waals surface area contributed by atoms with Gasteiger partial charge in [0, 0.05) is 12.0 Å². The highest BCUT2D eigenvalue weighted by molar-refractivity contribution is 4.91. The topological polar surface area (TPSA) is 35.8 Å². The van der Waals surface area contributed by atoms with Gasteiger partial charge in [-0.2, -0.15) is 5.26 Å². The van der Waals surface area contributed by atoms with Gasteiger partial charge in [-0.1, -0.05) is 0 Å². The van der Waals surface area contributed by atoms with E-state index in [0.29, 0.717) is 12.0 Å². The van der Waals surface area contributed by atoms with Crippen LogP contribution in [-0.2, 0) is 0 Å². The fraction of sp³-hybridized carbons (Fsp3) is 0.900.